The van der Waals surface area contributed by atoms with E-state index < -0.39 is 0 Å². The molecule has 98 valence electrons. The third-order valence-electron chi connectivity index (χ3n) is 3.76. The second-order valence-corrected chi connectivity index (χ2v) is 6.73. The quantitative estimate of drug-likeness (QED) is 0.752. The molecule has 2 unspecified atom stereocenters. The lowest BCUT2D eigenvalue weighted by Crippen LogP contribution is -2.34. The highest BCUT2D eigenvalue weighted by molar-refractivity contribution is 5.88. The molecular weight excluding hydrogens is 212 g/mol. The van der Waals surface area contributed by atoms with E-state index in [9.17, 15) is 9.59 Å². The molecule has 0 bridgehead atoms. The van der Waals surface area contributed by atoms with Gasteiger partial charge in [0.05, 0.1) is 0 Å². The molecule has 0 aromatic carbocycles. The molecule has 0 amide bonds. The Labute approximate surface area is 105 Å². The number of Topliss-reactive ketones (excluding diaryl/α,β-unsaturated/α-hetero) is 2. The van der Waals surface area contributed by atoms with Gasteiger partial charge in [0.15, 0.2) is 0 Å². The van der Waals surface area contributed by atoms with Crippen molar-refractivity contribution < 1.29 is 9.59 Å². The molecule has 1 fully saturated rings. The molecule has 2 atom stereocenters. The number of carbonyl (C=O) groups excluding carboxylic acids is 2. The maximum atomic E-state index is 12.2. The Morgan fingerprint density at radius 2 is 1.59 bits per heavy atom. The van der Waals surface area contributed by atoms with Gasteiger partial charge in [0.2, 0.25) is 0 Å². The van der Waals surface area contributed by atoms with Crippen molar-refractivity contribution in [1.29, 1.82) is 0 Å². The van der Waals surface area contributed by atoms with Gasteiger partial charge in [0, 0.05) is 23.2 Å². The fourth-order valence-electron chi connectivity index (χ4n) is 2.77. The zero-order valence-electron chi connectivity index (χ0n) is 11.9. The molecule has 1 rings (SSSR count). The monoisotopic (exact) mass is 238 g/mol. The summed E-state index contributed by atoms with van der Waals surface area (Å²) in [7, 11) is 0. The van der Waals surface area contributed by atoms with E-state index in [0.717, 1.165) is 25.7 Å². The van der Waals surface area contributed by atoms with Crippen LogP contribution in [-0.4, -0.2) is 11.6 Å². The van der Waals surface area contributed by atoms with Gasteiger partial charge in [-0.1, -0.05) is 41.0 Å². The highest BCUT2D eigenvalue weighted by Gasteiger charge is 2.35. The summed E-state index contributed by atoms with van der Waals surface area (Å²) in [5, 5.41) is 0. The maximum Gasteiger partial charge on any atom is 0.141 e. The fraction of sp³-hybridized carbons (Fsp3) is 0.867. The van der Waals surface area contributed by atoms with Gasteiger partial charge in [0.1, 0.15) is 11.6 Å². The molecule has 0 heterocycles. The van der Waals surface area contributed by atoms with Gasteiger partial charge in [-0.15, -0.1) is 0 Å². The summed E-state index contributed by atoms with van der Waals surface area (Å²) in [4.78, 5) is 24.3. The zero-order chi connectivity index (χ0) is 13.2. The topological polar surface area (TPSA) is 34.1 Å². The Morgan fingerprint density at radius 1 is 1.06 bits per heavy atom. The Kier molecular flexibility index (Phi) is 4.51. The molecule has 2 nitrogen and oxygen atoms in total. The Balaban J connectivity index is 2.67. The molecular formula is C15H26O2. The first-order valence-electron chi connectivity index (χ1n) is 6.81. The average Bonchev–Trinajstić information content (AvgIpc) is 2.25. The van der Waals surface area contributed by atoms with Crippen molar-refractivity contribution in [2.24, 2.45) is 23.2 Å². The maximum absolute atomic E-state index is 12.2. The van der Waals surface area contributed by atoms with Crippen molar-refractivity contribution in [1.82, 2.24) is 0 Å². The molecule has 1 aliphatic rings. The van der Waals surface area contributed by atoms with E-state index in [-0.39, 0.29) is 23.2 Å². The van der Waals surface area contributed by atoms with E-state index in [2.05, 4.69) is 0 Å². The van der Waals surface area contributed by atoms with Crippen LogP contribution < -0.4 is 0 Å². The van der Waals surface area contributed by atoms with Crippen LogP contribution in [0.2, 0.25) is 0 Å². The highest BCUT2D eigenvalue weighted by atomic mass is 16.1. The summed E-state index contributed by atoms with van der Waals surface area (Å²) in [5.41, 5.74) is -0.270. The lowest BCUT2D eigenvalue weighted by Gasteiger charge is -2.32. The Morgan fingerprint density at radius 3 is 2.06 bits per heavy atom. The minimum atomic E-state index is -0.270. The first-order valence-corrected chi connectivity index (χ1v) is 6.81. The lowest BCUT2D eigenvalue weighted by atomic mass is 9.71. The highest BCUT2D eigenvalue weighted by Crippen LogP contribution is 2.35. The SMILES string of the molecule is CC(C)C(=O)C1CCCC(C(=O)C(C)(C)C)C1. The van der Waals surface area contributed by atoms with E-state index >= 15 is 0 Å². The molecule has 0 spiro atoms. The van der Waals surface area contributed by atoms with Crippen LogP contribution >= 0.6 is 0 Å². The van der Waals surface area contributed by atoms with Crippen molar-refractivity contribution in [2.45, 2.75) is 60.3 Å². The van der Waals surface area contributed by atoms with E-state index in [1.807, 2.05) is 34.6 Å². The number of rotatable bonds is 3. The summed E-state index contributed by atoms with van der Waals surface area (Å²) in [6.07, 6.45) is 3.76. The van der Waals surface area contributed by atoms with E-state index in [1.54, 1.807) is 0 Å². The molecule has 0 saturated heterocycles. The molecule has 0 aromatic rings. The smallest absolute Gasteiger partial charge is 0.141 e. The van der Waals surface area contributed by atoms with Gasteiger partial charge < -0.3 is 0 Å². The van der Waals surface area contributed by atoms with Crippen LogP contribution in [0.3, 0.4) is 0 Å². The third kappa shape index (κ3) is 3.65. The van der Waals surface area contributed by atoms with Gasteiger partial charge >= 0.3 is 0 Å². The summed E-state index contributed by atoms with van der Waals surface area (Å²) in [5.74, 6) is 1.01. The number of ketones is 2. The van der Waals surface area contributed by atoms with Crippen LogP contribution in [0.5, 0.6) is 0 Å². The summed E-state index contributed by atoms with van der Waals surface area (Å²) >= 11 is 0. The predicted molar refractivity (Wildman–Crippen MR) is 69.8 cm³/mol. The van der Waals surface area contributed by atoms with Crippen molar-refractivity contribution in [2.75, 3.05) is 0 Å². The van der Waals surface area contributed by atoms with Crippen molar-refractivity contribution in [3.05, 3.63) is 0 Å². The lowest BCUT2D eigenvalue weighted by molar-refractivity contribution is -0.134. The molecule has 2 heteroatoms. The normalized spacial score (nSPS) is 26.0. The van der Waals surface area contributed by atoms with Gasteiger partial charge in [0.25, 0.3) is 0 Å². The summed E-state index contributed by atoms with van der Waals surface area (Å²) < 4.78 is 0. The van der Waals surface area contributed by atoms with Crippen LogP contribution in [0, 0.1) is 23.2 Å². The molecule has 0 radical (unpaired) electrons. The van der Waals surface area contributed by atoms with Gasteiger partial charge in [-0.3, -0.25) is 9.59 Å². The van der Waals surface area contributed by atoms with Crippen LogP contribution in [0.4, 0.5) is 0 Å². The fourth-order valence-corrected chi connectivity index (χ4v) is 2.77. The van der Waals surface area contributed by atoms with Crippen LogP contribution in [0.25, 0.3) is 0 Å². The van der Waals surface area contributed by atoms with E-state index in [4.69, 9.17) is 0 Å². The molecule has 0 N–H and O–H groups in total. The molecule has 0 aliphatic heterocycles. The average molecular weight is 238 g/mol. The number of hydrogen-bond donors (Lipinski definition) is 0. The minimum Gasteiger partial charge on any atom is -0.299 e. The zero-order valence-corrected chi connectivity index (χ0v) is 11.9. The van der Waals surface area contributed by atoms with E-state index in [0.29, 0.717) is 11.6 Å². The molecule has 1 aliphatic carbocycles. The van der Waals surface area contributed by atoms with Crippen molar-refractivity contribution >= 4 is 11.6 Å². The number of hydrogen-bond acceptors (Lipinski definition) is 2. The molecule has 0 aromatic heterocycles. The van der Waals surface area contributed by atoms with Crippen LogP contribution in [0.15, 0.2) is 0 Å². The number of carbonyl (C=O) groups is 2. The predicted octanol–water partition coefficient (Wildman–Crippen LogP) is 3.63. The molecule has 17 heavy (non-hydrogen) atoms. The van der Waals surface area contributed by atoms with Crippen molar-refractivity contribution in [3.8, 4) is 0 Å². The van der Waals surface area contributed by atoms with Crippen LogP contribution in [-0.2, 0) is 9.59 Å². The largest absolute Gasteiger partial charge is 0.299 e. The van der Waals surface area contributed by atoms with Crippen LogP contribution in [0.1, 0.15) is 60.3 Å². The van der Waals surface area contributed by atoms with Gasteiger partial charge in [-0.2, -0.15) is 0 Å². The second kappa shape index (κ2) is 5.32. The summed E-state index contributed by atoms with van der Waals surface area (Å²) in [6.45, 7) is 9.84. The van der Waals surface area contributed by atoms with E-state index in [1.165, 1.54) is 0 Å². The van der Waals surface area contributed by atoms with Gasteiger partial charge in [-0.05, 0) is 19.3 Å². The molecule has 1 saturated carbocycles. The standard InChI is InChI=1S/C15H26O2/c1-10(2)13(16)11-7-6-8-12(9-11)14(17)15(3,4)5/h10-12H,6-9H2,1-5H3. The second-order valence-electron chi connectivity index (χ2n) is 6.73. The summed E-state index contributed by atoms with van der Waals surface area (Å²) in [6, 6.07) is 0. The first kappa shape index (κ1) is 14.4. The Bertz CT molecular complexity index is 297. The van der Waals surface area contributed by atoms with Crippen molar-refractivity contribution in [3.63, 3.8) is 0 Å². The van der Waals surface area contributed by atoms with Gasteiger partial charge in [-0.25, -0.2) is 0 Å². The first-order chi connectivity index (χ1) is 7.73. The third-order valence-corrected chi connectivity index (χ3v) is 3.76. The Hall–Kier alpha value is -0.660. The minimum absolute atomic E-state index is 0.100.